The Kier molecular flexibility index (Phi) is 4.24. The zero-order chi connectivity index (χ0) is 10.7. The molecule has 0 aliphatic heterocycles. The molecule has 1 aromatic carbocycles. The predicted molar refractivity (Wildman–Crippen MR) is 72.6 cm³/mol. The number of aromatic nitrogens is 1. The van der Waals surface area contributed by atoms with Gasteiger partial charge in [-0.25, -0.2) is 0 Å². The van der Waals surface area contributed by atoms with Gasteiger partial charge in [0.15, 0.2) is 0 Å². The van der Waals surface area contributed by atoms with Crippen LogP contribution < -0.4 is 0 Å². The van der Waals surface area contributed by atoms with Gasteiger partial charge < -0.3 is 0 Å². The van der Waals surface area contributed by atoms with E-state index >= 15 is 0 Å². The molecular formula is C15H21N. The van der Waals surface area contributed by atoms with Crippen molar-refractivity contribution in [3.8, 4) is 11.1 Å². The van der Waals surface area contributed by atoms with Gasteiger partial charge in [-0.3, -0.25) is 4.98 Å². The molecule has 2 aromatic rings. The van der Waals surface area contributed by atoms with Gasteiger partial charge in [0, 0.05) is 13.8 Å². The Balaban J connectivity index is 0.00000128. The van der Waals surface area contributed by atoms with Gasteiger partial charge in [-0.15, -0.1) is 0 Å². The van der Waals surface area contributed by atoms with Crippen LogP contribution in [0.2, 0.25) is 0 Å². The first kappa shape index (κ1) is 12.4. The summed E-state index contributed by atoms with van der Waals surface area (Å²) in [5.41, 5.74) is 3.78. The van der Waals surface area contributed by atoms with Crippen molar-refractivity contribution >= 4 is 0 Å². The summed E-state index contributed by atoms with van der Waals surface area (Å²) in [5.74, 6) is 0.591. The van der Waals surface area contributed by atoms with E-state index in [0.717, 1.165) is 0 Å². The van der Waals surface area contributed by atoms with Crippen LogP contribution in [0.3, 0.4) is 0 Å². The third-order valence-corrected chi connectivity index (χ3v) is 2.57. The molecule has 0 aliphatic carbocycles. The number of benzene rings is 1. The minimum atomic E-state index is 0. The minimum absolute atomic E-state index is 0. The van der Waals surface area contributed by atoms with Gasteiger partial charge in [0.1, 0.15) is 0 Å². The van der Waals surface area contributed by atoms with Crippen LogP contribution in [0.4, 0.5) is 0 Å². The Morgan fingerprint density at radius 1 is 1.00 bits per heavy atom. The molecule has 0 N–H and O–H groups in total. The summed E-state index contributed by atoms with van der Waals surface area (Å²) in [5, 5.41) is 0. The highest BCUT2D eigenvalue weighted by Crippen LogP contribution is 2.21. The van der Waals surface area contributed by atoms with Crippen LogP contribution in [-0.2, 0) is 0 Å². The molecule has 0 saturated carbocycles. The second-order valence-electron chi connectivity index (χ2n) is 4.02. The fourth-order valence-electron chi connectivity index (χ4n) is 1.59. The van der Waals surface area contributed by atoms with Crippen LogP contribution in [-0.4, -0.2) is 4.98 Å². The van der Waals surface area contributed by atoms with Crippen LogP contribution in [0.5, 0.6) is 0 Å². The van der Waals surface area contributed by atoms with Gasteiger partial charge in [-0.05, 0) is 28.7 Å². The van der Waals surface area contributed by atoms with E-state index in [1.54, 1.807) is 6.20 Å². The highest BCUT2D eigenvalue weighted by atomic mass is 14.6. The van der Waals surface area contributed by atoms with Gasteiger partial charge >= 0.3 is 0 Å². The largest absolute Gasteiger partial charge is 0.264 e. The first-order chi connectivity index (χ1) is 7.27. The van der Waals surface area contributed by atoms with E-state index in [-0.39, 0.29) is 8.85 Å². The van der Waals surface area contributed by atoms with Gasteiger partial charge in [0.25, 0.3) is 0 Å². The van der Waals surface area contributed by atoms with Crippen LogP contribution in [0, 0.1) is 0 Å². The van der Waals surface area contributed by atoms with Crippen molar-refractivity contribution < 1.29 is 1.43 Å². The molecule has 1 heteroatoms. The number of hydrogen-bond donors (Lipinski definition) is 0. The van der Waals surface area contributed by atoms with E-state index in [2.05, 4.69) is 49.2 Å². The number of pyridine rings is 1. The molecule has 1 heterocycles. The fraction of sp³-hybridized carbons (Fsp3) is 0.267. The Morgan fingerprint density at radius 2 is 1.69 bits per heavy atom. The molecule has 1 nitrogen and oxygen atoms in total. The molecule has 16 heavy (non-hydrogen) atoms. The molecule has 0 bridgehead atoms. The summed E-state index contributed by atoms with van der Waals surface area (Å²) < 4.78 is 0. The molecule has 0 amide bonds. The number of hydrogen-bond acceptors (Lipinski definition) is 1. The lowest BCUT2D eigenvalue weighted by molar-refractivity contribution is 0.867. The monoisotopic (exact) mass is 215 g/mol. The van der Waals surface area contributed by atoms with Crippen LogP contribution in [0.25, 0.3) is 11.1 Å². The SMILES string of the molecule is C.CC(C)c1ccc(-c2cccnc2)cc1.[HH]. The van der Waals surface area contributed by atoms with Gasteiger partial charge in [0.05, 0.1) is 0 Å². The van der Waals surface area contributed by atoms with Crippen molar-refractivity contribution in [3.05, 3.63) is 54.4 Å². The highest BCUT2D eigenvalue weighted by molar-refractivity contribution is 5.62. The molecule has 0 saturated heterocycles. The first-order valence-electron chi connectivity index (χ1n) is 5.28. The summed E-state index contributed by atoms with van der Waals surface area (Å²) in [7, 11) is 0. The normalized spacial score (nSPS) is 9.94. The van der Waals surface area contributed by atoms with Crippen LogP contribution in [0.1, 0.15) is 34.2 Å². The van der Waals surface area contributed by atoms with Crippen molar-refractivity contribution in [2.75, 3.05) is 0 Å². The Morgan fingerprint density at radius 3 is 2.19 bits per heavy atom. The van der Waals surface area contributed by atoms with Gasteiger partial charge in [0.2, 0.25) is 0 Å². The first-order valence-corrected chi connectivity index (χ1v) is 5.28. The highest BCUT2D eigenvalue weighted by Gasteiger charge is 2.00. The molecule has 0 spiro atoms. The van der Waals surface area contributed by atoms with E-state index in [1.807, 2.05) is 12.3 Å². The summed E-state index contributed by atoms with van der Waals surface area (Å²) in [6.07, 6.45) is 3.69. The Labute approximate surface area is 99.7 Å². The van der Waals surface area contributed by atoms with E-state index in [9.17, 15) is 0 Å². The maximum absolute atomic E-state index is 4.12. The number of rotatable bonds is 2. The maximum atomic E-state index is 4.12. The molecule has 0 atom stereocenters. The predicted octanol–water partition coefficient (Wildman–Crippen LogP) is 4.75. The van der Waals surface area contributed by atoms with Crippen molar-refractivity contribution in [2.24, 2.45) is 0 Å². The molecule has 0 fully saturated rings. The smallest absolute Gasteiger partial charge is 0.0346 e. The quantitative estimate of drug-likeness (QED) is 0.704. The fourth-order valence-corrected chi connectivity index (χ4v) is 1.59. The average molecular weight is 215 g/mol. The third kappa shape index (κ3) is 2.69. The molecule has 0 unspecified atom stereocenters. The summed E-state index contributed by atoms with van der Waals surface area (Å²) in [4.78, 5) is 4.12. The lowest BCUT2D eigenvalue weighted by atomic mass is 10.00. The molecule has 2 rings (SSSR count). The second kappa shape index (κ2) is 5.45. The topological polar surface area (TPSA) is 12.9 Å². The molecule has 0 radical (unpaired) electrons. The molecule has 86 valence electrons. The zero-order valence-electron chi connectivity index (χ0n) is 9.14. The average Bonchev–Trinajstić information content (AvgIpc) is 2.30. The third-order valence-electron chi connectivity index (χ3n) is 2.57. The lowest BCUT2D eigenvalue weighted by Crippen LogP contribution is -1.86. The standard InChI is InChI=1S/C14H15N.CH4.H2/c1-11(2)12-5-7-13(8-6-12)14-4-3-9-15-10-14;;/h3-11H,1-2H3;1H4;1H. The summed E-state index contributed by atoms with van der Waals surface area (Å²) in [6.45, 7) is 4.41. The van der Waals surface area contributed by atoms with Gasteiger partial charge in [-0.1, -0.05) is 51.6 Å². The Hall–Kier alpha value is -1.63. The van der Waals surface area contributed by atoms with Crippen molar-refractivity contribution in [1.29, 1.82) is 0 Å². The Bertz CT molecular complexity index is 420. The number of nitrogens with zero attached hydrogens (tertiary/aromatic N) is 1. The molecule has 1 aromatic heterocycles. The van der Waals surface area contributed by atoms with Crippen LogP contribution in [0.15, 0.2) is 48.8 Å². The van der Waals surface area contributed by atoms with E-state index in [1.165, 1.54) is 16.7 Å². The van der Waals surface area contributed by atoms with Crippen molar-refractivity contribution in [3.63, 3.8) is 0 Å². The summed E-state index contributed by atoms with van der Waals surface area (Å²) >= 11 is 0. The van der Waals surface area contributed by atoms with Gasteiger partial charge in [-0.2, -0.15) is 0 Å². The minimum Gasteiger partial charge on any atom is -0.264 e. The zero-order valence-corrected chi connectivity index (χ0v) is 9.14. The van der Waals surface area contributed by atoms with Crippen molar-refractivity contribution in [1.82, 2.24) is 4.98 Å². The van der Waals surface area contributed by atoms with E-state index in [4.69, 9.17) is 0 Å². The molecular weight excluding hydrogens is 194 g/mol. The van der Waals surface area contributed by atoms with Crippen LogP contribution >= 0.6 is 0 Å². The van der Waals surface area contributed by atoms with Crippen molar-refractivity contribution in [2.45, 2.75) is 27.2 Å². The summed E-state index contributed by atoms with van der Waals surface area (Å²) in [6, 6.07) is 12.7. The lowest BCUT2D eigenvalue weighted by Gasteiger charge is -2.06. The van der Waals surface area contributed by atoms with E-state index in [0.29, 0.717) is 5.92 Å². The maximum Gasteiger partial charge on any atom is 0.0346 e. The van der Waals surface area contributed by atoms with E-state index < -0.39 is 0 Å². The molecule has 0 aliphatic rings. The second-order valence-corrected chi connectivity index (χ2v) is 4.02.